The Balaban J connectivity index is 2.24. The number of rotatable bonds is 2. The second kappa shape index (κ2) is 6.93. The number of halogens is 1. The van der Waals surface area contributed by atoms with Gasteiger partial charge in [0.1, 0.15) is 5.92 Å². The lowest BCUT2D eigenvalue weighted by Crippen LogP contribution is -3.13. The van der Waals surface area contributed by atoms with Gasteiger partial charge >= 0.3 is 0 Å². The highest BCUT2D eigenvalue weighted by Gasteiger charge is 2.58. The first-order chi connectivity index (χ1) is 12.5. The maximum Gasteiger partial charge on any atom is 0.189 e. The van der Waals surface area contributed by atoms with Crippen LogP contribution in [0.5, 0.6) is 0 Å². The van der Waals surface area contributed by atoms with Crippen LogP contribution in [0.3, 0.4) is 0 Å². The summed E-state index contributed by atoms with van der Waals surface area (Å²) in [5, 5.41) is 38.7. The molecule has 2 N–H and O–H groups in total. The molecule has 3 rings (SSSR count). The number of hydrogen-bond acceptors (Lipinski definition) is 4. The molecular weight excluding hydrogens is 346 g/mol. The maximum atomic E-state index is 9.95. The summed E-state index contributed by atoms with van der Waals surface area (Å²) >= 11 is 6.02. The molecule has 1 heterocycles. The highest BCUT2D eigenvalue weighted by molar-refractivity contribution is 6.30. The van der Waals surface area contributed by atoms with Crippen LogP contribution in [0, 0.1) is 56.7 Å². The van der Waals surface area contributed by atoms with Gasteiger partial charge in [0.15, 0.2) is 5.41 Å². The molecule has 0 radical (unpaired) electrons. The number of nitrogens with zero attached hydrogens (tertiary/aromatic N) is 3. The summed E-state index contributed by atoms with van der Waals surface area (Å²) in [7, 11) is 0. The second-order valence-corrected chi connectivity index (χ2v) is 7.30. The molecular formula is C20H19ClN5+. The van der Waals surface area contributed by atoms with E-state index in [1.807, 2.05) is 18.2 Å². The number of hydrogen-bond donors (Lipinski definition) is 2. The lowest BCUT2D eigenvalue weighted by Gasteiger charge is -2.46. The van der Waals surface area contributed by atoms with E-state index in [9.17, 15) is 15.8 Å². The second-order valence-electron chi connectivity index (χ2n) is 6.86. The molecule has 1 aromatic rings. The normalized spacial score (nSPS) is 29.5. The topological polar surface area (TPSA) is 99.7 Å². The molecule has 4 atom stereocenters. The average Bonchev–Trinajstić information content (AvgIpc) is 2.68. The number of nitrogens with one attached hydrogen (secondary N) is 2. The molecule has 1 aliphatic carbocycles. The predicted molar refractivity (Wildman–Crippen MR) is 97.5 cm³/mol. The Morgan fingerprint density at radius 2 is 1.88 bits per heavy atom. The van der Waals surface area contributed by atoms with E-state index in [1.165, 1.54) is 4.90 Å². The van der Waals surface area contributed by atoms with E-state index < -0.39 is 17.3 Å². The standard InChI is InChI=1S/C20H18ClN5/c1-2-26-8-7-15-16(9-22)19(25)20(11-23,12-24)18(17(15)10-26)13-3-5-14(21)6-4-13/h3-7,16-18,25H,2,8,10H2,1H3/p+1/t16?,17-,18+/m1/s1. The molecule has 0 spiro atoms. The van der Waals surface area contributed by atoms with Crippen molar-refractivity contribution in [3.05, 3.63) is 46.5 Å². The lowest BCUT2D eigenvalue weighted by molar-refractivity contribution is -0.897. The van der Waals surface area contributed by atoms with E-state index in [1.54, 1.807) is 12.1 Å². The number of likely N-dealkylation sites (N-methyl/N-ethyl adjacent to an activating group) is 1. The van der Waals surface area contributed by atoms with E-state index in [0.29, 0.717) is 5.02 Å². The Morgan fingerprint density at radius 3 is 2.42 bits per heavy atom. The van der Waals surface area contributed by atoms with E-state index in [0.717, 1.165) is 30.8 Å². The van der Waals surface area contributed by atoms with Crippen LogP contribution in [0.4, 0.5) is 0 Å². The molecule has 26 heavy (non-hydrogen) atoms. The summed E-state index contributed by atoms with van der Waals surface area (Å²) in [5.41, 5.74) is -0.0538. The first-order valence-electron chi connectivity index (χ1n) is 8.62. The van der Waals surface area contributed by atoms with Gasteiger partial charge in [0.25, 0.3) is 0 Å². The third kappa shape index (κ3) is 2.60. The maximum absolute atomic E-state index is 9.95. The Bertz CT molecular complexity index is 867. The SMILES string of the molecule is CC[NH+]1CC=C2C(C#N)C(=N)C(C#N)(C#N)[C@@H](c3ccc(Cl)cc3)[C@@H]2C1. The first-order valence-corrected chi connectivity index (χ1v) is 9.00. The fourth-order valence-electron chi connectivity index (χ4n) is 4.30. The smallest absolute Gasteiger partial charge is 0.189 e. The fraction of sp³-hybridized carbons (Fsp3) is 0.400. The Hall–Kier alpha value is -2.65. The number of benzene rings is 1. The summed E-state index contributed by atoms with van der Waals surface area (Å²) in [6.07, 6.45) is 2.04. The minimum Gasteiger partial charge on any atom is -0.331 e. The summed E-state index contributed by atoms with van der Waals surface area (Å²) in [6.45, 7) is 4.56. The van der Waals surface area contributed by atoms with Gasteiger partial charge in [-0.15, -0.1) is 0 Å². The van der Waals surface area contributed by atoms with Crippen LogP contribution in [0.1, 0.15) is 18.4 Å². The van der Waals surface area contributed by atoms with Crippen molar-refractivity contribution in [3.63, 3.8) is 0 Å². The van der Waals surface area contributed by atoms with Gasteiger partial charge in [0.05, 0.1) is 43.6 Å². The van der Waals surface area contributed by atoms with Crippen LogP contribution in [0.2, 0.25) is 5.02 Å². The molecule has 1 aromatic carbocycles. The molecule has 0 aromatic heterocycles. The Kier molecular flexibility index (Phi) is 4.84. The van der Waals surface area contributed by atoms with Crippen LogP contribution in [0.15, 0.2) is 35.9 Å². The van der Waals surface area contributed by atoms with Crippen molar-refractivity contribution in [2.24, 2.45) is 17.3 Å². The molecule has 1 saturated carbocycles. The van der Waals surface area contributed by atoms with Crippen molar-refractivity contribution in [2.45, 2.75) is 12.8 Å². The van der Waals surface area contributed by atoms with Crippen molar-refractivity contribution in [2.75, 3.05) is 19.6 Å². The summed E-state index contributed by atoms with van der Waals surface area (Å²) < 4.78 is 0. The highest BCUT2D eigenvalue weighted by atomic mass is 35.5. The molecule has 0 amide bonds. The molecule has 6 heteroatoms. The monoisotopic (exact) mass is 364 g/mol. The number of fused-ring (bicyclic) bond motifs is 1. The third-order valence-corrected chi connectivity index (χ3v) is 5.94. The molecule has 130 valence electrons. The van der Waals surface area contributed by atoms with Gasteiger partial charge in [0.2, 0.25) is 0 Å². The zero-order valence-electron chi connectivity index (χ0n) is 14.5. The van der Waals surface area contributed by atoms with Crippen molar-refractivity contribution >= 4 is 17.3 Å². The van der Waals surface area contributed by atoms with Crippen molar-refractivity contribution in [1.82, 2.24) is 0 Å². The zero-order chi connectivity index (χ0) is 18.9. The fourth-order valence-corrected chi connectivity index (χ4v) is 4.42. The summed E-state index contributed by atoms with van der Waals surface area (Å²) in [4.78, 5) is 1.34. The van der Waals surface area contributed by atoms with Crippen LogP contribution in [-0.4, -0.2) is 25.3 Å². The van der Waals surface area contributed by atoms with Gasteiger partial charge in [-0.3, -0.25) is 0 Å². The predicted octanol–water partition coefficient (Wildman–Crippen LogP) is 2.09. The molecule has 2 aliphatic rings. The van der Waals surface area contributed by atoms with Gasteiger partial charge < -0.3 is 10.3 Å². The van der Waals surface area contributed by atoms with Crippen LogP contribution in [0.25, 0.3) is 0 Å². The quantitative estimate of drug-likeness (QED) is 0.786. The number of quaternary nitrogens is 1. The summed E-state index contributed by atoms with van der Waals surface area (Å²) in [6, 6.07) is 13.5. The van der Waals surface area contributed by atoms with E-state index in [2.05, 4.69) is 25.1 Å². The van der Waals surface area contributed by atoms with Crippen molar-refractivity contribution in [1.29, 1.82) is 21.2 Å². The lowest BCUT2D eigenvalue weighted by atomic mass is 9.54. The Labute approximate surface area is 158 Å². The minimum atomic E-state index is -1.65. The third-order valence-electron chi connectivity index (χ3n) is 5.69. The molecule has 1 fully saturated rings. The van der Waals surface area contributed by atoms with Crippen LogP contribution in [-0.2, 0) is 0 Å². The van der Waals surface area contributed by atoms with Gasteiger partial charge in [-0.2, -0.15) is 15.8 Å². The van der Waals surface area contributed by atoms with E-state index in [4.69, 9.17) is 17.0 Å². The summed E-state index contributed by atoms with van der Waals surface area (Å²) in [5.74, 6) is -1.42. The van der Waals surface area contributed by atoms with Crippen molar-refractivity contribution < 1.29 is 4.90 Å². The molecule has 5 nitrogen and oxygen atoms in total. The van der Waals surface area contributed by atoms with E-state index >= 15 is 0 Å². The van der Waals surface area contributed by atoms with Gasteiger partial charge in [-0.05, 0) is 36.3 Å². The Morgan fingerprint density at radius 1 is 1.23 bits per heavy atom. The highest BCUT2D eigenvalue weighted by Crippen LogP contribution is 2.52. The van der Waals surface area contributed by atoms with Gasteiger partial charge in [0, 0.05) is 16.9 Å². The molecule has 0 saturated heterocycles. The first kappa shape index (κ1) is 18.2. The molecule has 2 unspecified atom stereocenters. The van der Waals surface area contributed by atoms with Crippen LogP contribution < -0.4 is 4.90 Å². The van der Waals surface area contributed by atoms with Crippen LogP contribution >= 0.6 is 11.6 Å². The number of nitriles is 3. The van der Waals surface area contributed by atoms with E-state index in [-0.39, 0.29) is 11.6 Å². The largest absolute Gasteiger partial charge is 0.331 e. The molecule has 1 aliphatic heterocycles. The van der Waals surface area contributed by atoms with Gasteiger partial charge in [-0.25, -0.2) is 0 Å². The van der Waals surface area contributed by atoms with Gasteiger partial charge in [-0.1, -0.05) is 23.7 Å². The van der Waals surface area contributed by atoms with Crippen molar-refractivity contribution in [3.8, 4) is 18.2 Å². The minimum absolute atomic E-state index is 0.104. The zero-order valence-corrected chi connectivity index (χ0v) is 15.2. The average molecular weight is 365 g/mol. The molecule has 0 bridgehead atoms.